The van der Waals surface area contributed by atoms with Gasteiger partial charge in [0.2, 0.25) is 5.91 Å². The highest BCUT2D eigenvalue weighted by Crippen LogP contribution is 2.16. The minimum atomic E-state index is -0.0345. The fourth-order valence-electron chi connectivity index (χ4n) is 2.37. The van der Waals surface area contributed by atoms with E-state index in [0.717, 1.165) is 31.3 Å². The molecule has 6 nitrogen and oxygen atoms in total. The van der Waals surface area contributed by atoms with Crippen molar-refractivity contribution in [3.63, 3.8) is 0 Å². The largest absolute Gasteiger partial charge is 0.359 e. The summed E-state index contributed by atoms with van der Waals surface area (Å²) in [6.45, 7) is 5.15. The van der Waals surface area contributed by atoms with Gasteiger partial charge in [0.25, 0.3) is 0 Å². The number of carbonyl (C=O) groups is 1. The molecule has 0 spiro atoms. The van der Waals surface area contributed by atoms with Crippen molar-refractivity contribution in [2.75, 3.05) is 45.2 Å². The van der Waals surface area contributed by atoms with Crippen LogP contribution in [0.15, 0.2) is 12.3 Å². The van der Waals surface area contributed by atoms with Crippen LogP contribution in [0.4, 0.5) is 5.82 Å². The normalized spacial score (nSPS) is 21.0. The van der Waals surface area contributed by atoms with Crippen LogP contribution < -0.4 is 10.2 Å². The summed E-state index contributed by atoms with van der Waals surface area (Å²) in [5, 5.41) is 2.74. The number of likely N-dealkylation sites (N-methyl/N-ethyl adjacent to an activating group) is 1. The molecule has 0 radical (unpaired) electrons. The predicted molar refractivity (Wildman–Crippen MR) is 74.0 cm³/mol. The molecular formula is C13H21N5O. The fraction of sp³-hybridized carbons (Fsp3) is 0.615. The first-order valence-electron chi connectivity index (χ1n) is 6.55. The minimum Gasteiger partial charge on any atom is -0.359 e. The average Bonchev–Trinajstić information content (AvgIpc) is 2.60. The van der Waals surface area contributed by atoms with Crippen LogP contribution in [0.3, 0.4) is 0 Å². The maximum Gasteiger partial charge on any atom is 0.225 e. The molecule has 1 fully saturated rings. The lowest BCUT2D eigenvalue weighted by Gasteiger charge is -2.24. The van der Waals surface area contributed by atoms with Crippen molar-refractivity contribution in [2.24, 2.45) is 5.92 Å². The lowest BCUT2D eigenvalue weighted by atomic mass is 10.1. The highest BCUT2D eigenvalue weighted by atomic mass is 16.1. The van der Waals surface area contributed by atoms with Gasteiger partial charge < -0.3 is 15.1 Å². The molecular weight excluding hydrogens is 242 g/mol. The number of carbonyl (C=O) groups excluding carboxylic acids is 1. The number of rotatable bonds is 2. The van der Waals surface area contributed by atoms with Gasteiger partial charge in [0, 0.05) is 39.4 Å². The van der Waals surface area contributed by atoms with E-state index < -0.39 is 0 Å². The van der Waals surface area contributed by atoms with Crippen LogP contribution in [0.25, 0.3) is 0 Å². The summed E-state index contributed by atoms with van der Waals surface area (Å²) in [6, 6.07) is 1.90. The lowest BCUT2D eigenvalue weighted by Crippen LogP contribution is -2.39. The Kier molecular flexibility index (Phi) is 4.31. The summed E-state index contributed by atoms with van der Waals surface area (Å²) >= 11 is 0. The van der Waals surface area contributed by atoms with Crippen LogP contribution in [0, 0.1) is 12.8 Å². The number of anilines is 1. The molecule has 1 aromatic rings. The van der Waals surface area contributed by atoms with Crippen molar-refractivity contribution in [3.8, 4) is 0 Å². The molecule has 19 heavy (non-hydrogen) atoms. The number of amides is 1. The summed E-state index contributed by atoms with van der Waals surface area (Å²) in [5.41, 5.74) is 0. The quantitative estimate of drug-likeness (QED) is 0.807. The second-order valence-corrected chi connectivity index (χ2v) is 4.98. The van der Waals surface area contributed by atoms with Gasteiger partial charge in [0.15, 0.2) is 0 Å². The van der Waals surface area contributed by atoms with Crippen molar-refractivity contribution in [1.29, 1.82) is 0 Å². The SMILES string of the molecule is CNC(=O)[C@@H]1CN(C)CCN(c2ccnc(C)n2)C1. The van der Waals surface area contributed by atoms with Gasteiger partial charge in [-0.2, -0.15) is 0 Å². The molecule has 0 aromatic carbocycles. The Bertz CT molecular complexity index is 450. The molecule has 1 saturated heterocycles. The molecule has 0 unspecified atom stereocenters. The summed E-state index contributed by atoms with van der Waals surface area (Å²) in [7, 11) is 3.73. The van der Waals surface area contributed by atoms with E-state index in [1.807, 2.05) is 20.0 Å². The molecule has 104 valence electrons. The van der Waals surface area contributed by atoms with Gasteiger partial charge in [0.05, 0.1) is 5.92 Å². The molecule has 6 heteroatoms. The molecule has 2 rings (SSSR count). The van der Waals surface area contributed by atoms with Gasteiger partial charge in [-0.3, -0.25) is 4.79 Å². The van der Waals surface area contributed by atoms with Gasteiger partial charge >= 0.3 is 0 Å². The highest BCUT2D eigenvalue weighted by molar-refractivity contribution is 5.79. The second-order valence-electron chi connectivity index (χ2n) is 4.98. The van der Waals surface area contributed by atoms with E-state index in [-0.39, 0.29) is 11.8 Å². The molecule has 0 aliphatic carbocycles. The second kappa shape index (κ2) is 5.97. The molecule has 1 N–H and O–H groups in total. The van der Waals surface area contributed by atoms with Gasteiger partial charge in [-0.05, 0) is 20.0 Å². The number of hydrogen-bond acceptors (Lipinski definition) is 5. The van der Waals surface area contributed by atoms with Gasteiger partial charge in [-0.15, -0.1) is 0 Å². The van der Waals surface area contributed by atoms with E-state index in [1.165, 1.54) is 0 Å². The molecule has 1 aliphatic rings. The van der Waals surface area contributed by atoms with Crippen LogP contribution in [0.5, 0.6) is 0 Å². The minimum absolute atomic E-state index is 0.0345. The Labute approximate surface area is 113 Å². The molecule has 1 aromatic heterocycles. The van der Waals surface area contributed by atoms with E-state index >= 15 is 0 Å². The average molecular weight is 263 g/mol. The third kappa shape index (κ3) is 3.41. The number of aryl methyl sites for hydroxylation is 1. The Hall–Kier alpha value is -1.69. The van der Waals surface area contributed by atoms with E-state index in [4.69, 9.17) is 0 Å². The molecule has 1 aliphatic heterocycles. The number of nitrogens with zero attached hydrogens (tertiary/aromatic N) is 4. The molecule has 0 saturated carbocycles. The lowest BCUT2D eigenvalue weighted by molar-refractivity contribution is -0.124. The zero-order chi connectivity index (χ0) is 13.8. The summed E-state index contributed by atoms with van der Waals surface area (Å²) in [5.74, 6) is 1.71. The topological polar surface area (TPSA) is 61.4 Å². The summed E-state index contributed by atoms with van der Waals surface area (Å²) in [6.07, 6.45) is 1.77. The van der Waals surface area contributed by atoms with Gasteiger partial charge in [-0.1, -0.05) is 0 Å². The molecule has 1 amide bonds. The van der Waals surface area contributed by atoms with Crippen LogP contribution in [0.2, 0.25) is 0 Å². The van der Waals surface area contributed by atoms with E-state index in [1.54, 1.807) is 13.2 Å². The van der Waals surface area contributed by atoms with Crippen LogP contribution >= 0.6 is 0 Å². The molecule has 2 heterocycles. The van der Waals surface area contributed by atoms with Crippen molar-refractivity contribution in [3.05, 3.63) is 18.1 Å². The first-order valence-corrected chi connectivity index (χ1v) is 6.55. The summed E-state index contributed by atoms with van der Waals surface area (Å²) in [4.78, 5) is 24.8. The maximum absolute atomic E-state index is 11.9. The third-order valence-corrected chi connectivity index (χ3v) is 3.43. The van der Waals surface area contributed by atoms with Crippen molar-refractivity contribution >= 4 is 11.7 Å². The van der Waals surface area contributed by atoms with Crippen LogP contribution in [-0.2, 0) is 4.79 Å². The van der Waals surface area contributed by atoms with Crippen molar-refractivity contribution in [2.45, 2.75) is 6.92 Å². The highest BCUT2D eigenvalue weighted by Gasteiger charge is 2.26. The standard InChI is InChI=1S/C13H21N5O/c1-10-15-5-4-12(16-10)18-7-6-17(3)8-11(9-18)13(19)14-2/h4-5,11H,6-9H2,1-3H3,(H,14,19)/t11-/m1/s1. The van der Waals surface area contributed by atoms with Crippen LogP contribution in [-0.4, -0.2) is 61.0 Å². The number of nitrogens with one attached hydrogen (secondary N) is 1. The first-order chi connectivity index (χ1) is 9.10. The van der Waals surface area contributed by atoms with Crippen molar-refractivity contribution < 1.29 is 4.79 Å². The zero-order valence-electron chi connectivity index (χ0n) is 11.8. The number of hydrogen-bond donors (Lipinski definition) is 1. The van der Waals surface area contributed by atoms with Crippen molar-refractivity contribution in [1.82, 2.24) is 20.2 Å². The van der Waals surface area contributed by atoms with Gasteiger partial charge in [-0.25, -0.2) is 9.97 Å². The van der Waals surface area contributed by atoms with E-state index in [9.17, 15) is 4.79 Å². The number of aromatic nitrogens is 2. The molecule has 0 bridgehead atoms. The molecule has 1 atom stereocenters. The van der Waals surface area contributed by atoms with E-state index in [0.29, 0.717) is 6.54 Å². The Morgan fingerprint density at radius 2 is 2.21 bits per heavy atom. The van der Waals surface area contributed by atoms with Gasteiger partial charge in [0.1, 0.15) is 11.6 Å². The monoisotopic (exact) mass is 263 g/mol. The van der Waals surface area contributed by atoms with E-state index in [2.05, 4.69) is 25.1 Å². The Balaban J connectivity index is 2.18. The Morgan fingerprint density at radius 3 is 2.89 bits per heavy atom. The fourth-order valence-corrected chi connectivity index (χ4v) is 2.37. The Morgan fingerprint density at radius 1 is 1.42 bits per heavy atom. The zero-order valence-corrected chi connectivity index (χ0v) is 11.8. The third-order valence-electron chi connectivity index (χ3n) is 3.43. The summed E-state index contributed by atoms with van der Waals surface area (Å²) < 4.78 is 0. The maximum atomic E-state index is 11.9. The first kappa shape index (κ1) is 13.7. The predicted octanol–water partition coefficient (Wildman–Crippen LogP) is -0.101. The smallest absolute Gasteiger partial charge is 0.225 e. The van der Waals surface area contributed by atoms with Crippen LogP contribution in [0.1, 0.15) is 5.82 Å².